The van der Waals surface area contributed by atoms with Gasteiger partial charge < -0.3 is 10.0 Å². The van der Waals surface area contributed by atoms with Crippen molar-refractivity contribution in [1.29, 1.82) is 0 Å². The fourth-order valence-corrected chi connectivity index (χ4v) is 4.16. The second-order valence-corrected chi connectivity index (χ2v) is 8.88. The summed E-state index contributed by atoms with van der Waals surface area (Å²) in [6.45, 7) is 3.32. The lowest BCUT2D eigenvalue weighted by Gasteiger charge is -2.32. The molecule has 1 fully saturated rings. The van der Waals surface area contributed by atoms with Crippen LogP contribution in [0.1, 0.15) is 19.4 Å². The quantitative estimate of drug-likeness (QED) is 0.612. The predicted molar refractivity (Wildman–Crippen MR) is 114 cm³/mol. The zero-order chi connectivity index (χ0) is 20.6. The molecule has 2 aromatic carbocycles. The van der Waals surface area contributed by atoms with Gasteiger partial charge >= 0.3 is 6.03 Å². The SMILES string of the molecule is C[C@@H](O)CN1C(=O)N(c2cc(Cl)cc(Cl)c2)C(=O)[C@@]1(C)Cc1ccc(Br)cc1. The van der Waals surface area contributed by atoms with E-state index in [-0.39, 0.29) is 12.5 Å². The van der Waals surface area contributed by atoms with Crippen LogP contribution in [0.2, 0.25) is 10.0 Å². The Morgan fingerprint density at radius 1 is 1.11 bits per heavy atom. The number of halogens is 3. The first-order valence-corrected chi connectivity index (χ1v) is 10.2. The van der Waals surface area contributed by atoms with Crippen molar-refractivity contribution in [1.82, 2.24) is 4.90 Å². The average molecular weight is 486 g/mol. The standard InChI is InChI=1S/C20H19BrCl2N2O3/c1-12(26)11-24-19(28)25(17-8-15(22)7-16(23)9-17)18(27)20(24,2)10-13-3-5-14(21)6-4-13/h3-9,12,26H,10-11H2,1-2H3/t12-,20-/m1/s1. The van der Waals surface area contributed by atoms with Gasteiger partial charge in [0.15, 0.2) is 0 Å². The summed E-state index contributed by atoms with van der Waals surface area (Å²) >= 11 is 15.5. The maximum absolute atomic E-state index is 13.4. The number of hydrogen-bond donors (Lipinski definition) is 1. The van der Waals surface area contributed by atoms with Crippen LogP contribution in [0.15, 0.2) is 46.9 Å². The number of aliphatic hydroxyl groups excluding tert-OH is 1. The Labute approximate surface area is 182 Å². The van der Waals surface area contributed by atoms with Crippen LogP contribution in [0.3, 0.4) is 0 Å². The summed E-state index contributed by atoms with van der Waals surface area (Å²) in [7, 11) is 0. The first kappa shape index (κ1) is 21.1. The average Bonchev–Trinajstić information content (AvgIpc) is 2.77. The van der Waals surface area contributed by atoms with Crippen molar-refractivity contribution in [3.63, 3.8) is 0 Å². The van der Waals surface area contributed by atoms with E-state index in [4.69, 9.17) is 23.2 Å². The smallest absolute Gasteiger partial charge is 0.332 e. The minimum Gasteiger partial charge on any atom is -0.392 e. The summed E-state index contributed by atoms with van der Waals surface area (Å²) in [6.07, 6.45) is -0.480. The first-order valence-electron chi connectivity index (χ1n) is 8.66. The van der Waals surface area contributed by atoms with Gasteiger partial charge in [-0.25, -0.2) is 9.69 Å². The number of nitrogens with zero attached hydrogens (tertiary/aromatic N) is 2. The lowest BCUT2D eigenvalue weighted by Crippen LogP contribution is -2.51. The number of benzene rings is 2. The van der Waals surface area contributed by atoms with Crippen molar-refractivity contribution in [2.75, 3.05) is 11.4 Å². The first-order chi connectivity index (χ1) is 13.1. The van der Waals surface area contributed by atoms with E-state index in [9.17, 15) is 14.7 Å². The Kier molecular flexibility index (Phi) is 6.05. The van der Waals surface area contributed by atoms with E-state index in [1.165, 1.54) is 23.1 Å². The van der Waals surface area contributed by atoms with Crippen molar-refractivity contribution in [3.8, 4) is 0 Å². The molecule has 0 unspecified atom stereocenters. The van der Waals surface area contributed by atoms with Gasteiger partial charge in [0, 0.05) is 27.5 Å². The third-order valence-corrected chi connectivity index (χ3v) is 5.66. The summed E-state index contributed by atoms with van der Waals surface area (Å²) in [5.41, 5.74) is 0.0486. The molecule has 3 amide bonds. The molecule has 8 heteroatoms. The zero-order valence-corrected chi connectivity index (χ0v) is 18.4. The molecular weight excluding hydrogens is 467 g/mol. The van der Waals surface area contributed by atoms with Gasteiger partial charge in [-0.05, 0) is 49.7 Å². The maximum atomic E-state index is 13.4. The maximum Gasteiger partial charge on any atom is 0.332 e. The van der Waals surface area contributed by atoms with E-state index in [0.717, 1.165) is 14.9 Å². The lowest BCUT2D eigenvalue weighted by molar-refractivity contribution is -0.124. The second kappa shape index (κ2) is 8.03. The number of urea groups is 1. The van der Waals surface area contributed by atoms with Gasteiger partial charge in [-0.1, -0.05) is 51.3 Å². The van der Waals surface area contributed by atoms with Crippen LogP contribution in [0.4, 0.5) is 10.5 Å². The van der Waals surface area contributed by atoms with Crippen LogP contribution in [0.25, 0.3) is 0 Å². The highest BCUT2D eigenvalue weighted by molar-refractivity contribution is 9.10. The molecule has 148 valence electrons. The molecule has 2 aromatic rings. The van der Waals surface area contributed by atoms with Gasteiger partial charge in [-0.15, -0.1) is 0 Å². The van der Waals surface area contributed by atoms with E-state index in [2.05, 4.69) is 15.9 Å². The molecule has 0 radical (unpaired) electrons. The summed E-state index contributed by atoms with van der Waals surface area (Å²) in [5.74, 6) is -0.389. The van der Waals surface area contributed by atoms with Crippen molar-refractivity contribution in [2.45, 2.75) is 31.9 Å². The van der Waals surface area contributed by atoms with Crippen molar-refractivity contribution >= 4 is 56.8 Å². The molecule has 1 saturated heterocycles. The second-order valence-electron chi connectivity index (χ2n) is 7.09. The van der Waals surface area contributed by atoms with E-state index >= 15 is 0 Å². The summed E-state index contributed by atoms with van der Waals surface area (Å²) in [4.78, 5) is 29.1. The fourth-order valence-electron chi connectivity index (χ4n) is 3.39. The molecule has 28 heavy (non-hydrogen) atoms. The van der Waals surface area contributed by atoms with Crippen LogP contribution < -0.4 is 4.90 Å². The molecule has 0 aromatic heterocycles. The molecule has 1 N–H and O–H groups in total. The molecule has 5 nitrogen and oxygen atoms in total. The van der Waals surface area contributed by atoms with Crippen LogP contribution in [-0.2, 0) is 11.2 Å². The van der Waals surface area contributed by atoms with E-state index in [1.807, 2.05) is 24.3 Å². The highest BCUT2D eigenvalue weighted by Crippen LogP contribution is 2.37. The number of carbonyl (C=O) groups excluding carboxylic acids is 2. The van der Waals surface area contributed by atoms with Gasteiger partial charge in [0.1, 0.15) is 5.54 Å². The Balaban J connectivity index is 2.04. The number of rotatable bonds is 5. The minimum atomic E-state index is -1.16. The molecule has 1 heterocycles. The molecule has 1 aliphatic rings. The molecule has 0 spiro atoms. The van der Waals surface area contributed by atoms with Crippen LogP contribution in [-0.4, -0.2) is 40.1 Å². The van der Waals surface area contributed by atoms with E-state index < -0.39 is 17.7 Å². The molecular formula is C20H19BrCl2N2O3. The van der Waals surface area contributed by atoms with Gasteiger partial charge in [0.05, 0.1) is 11.8 Å². The molecule has 1 aliphatic heterocycles. The largest absolute Gasteiger partial charge is 0.392 e. The van der Waals surface area contributed by atoms with E-state index in [0.29, 0.717) is 22.2 Å². The van der Waals surface area contributed by atoms with Crippen LogP contribution in [0, 0.1) is 0 Å². The third-order valence-electron chi connectivity index (χ3n) is 4.70. The Hall–Kier alpha value is -1.60. The monoisotopic (exact) mass is 484 g/mol. The number of carbonyl (C=O) groups is 2. The number of imide groups is 1. The highest BCUT2D eigenvalue weighted by Gasteiger charge is 2.54. The zero-order valence-electron chi connectivity index (χ0n) is 15.3. The van der Waals surface area contributed by atoms with Gasteiger partial charge in [0.25, 0.3) is 5.91 Å². The lowest BCUT2D eigenvalue weighted by atomic mass is 9.91. The number of anilines is 1. The normalized spacial score (nSPS) is 20.8. The van der Waals surface area contributed by atoms with Crippen LogP contribution in [0.5, 0.6) is 0 Å². The number of hydrogen-bond acceptors (Lipinski definition) is 3. The molecule has 2 atom stereocenters. The predicted octanol–water partition coefficient (Wildman–Crippen LogP) is 4.91. The number of aliphatic hydroxyl groups is 1. The highest BCUT2D eigenvalue weighted by atomic mass is 79.9. The van der Waals surface area contributed by atoms with E-state index in [1.54, 1.807) is 13.8 Å². The summed E-state index contributed by atoms with van der Waals surface area (Å²) < 4.78 is 0.922. The fraction of sp³-hybridized carbons (Fsp3) is 0.300. The molecule has 0 aliphatic carbocycles. The van der Waals surface area contributed by atoms with Crippen molar-refractivity contribution in [3.05, 3.63) is 62.5 Å². The van der Waals surface area contributed by atoms with Crippen molar-refractivity contribution in [2.24, 2.45) is 0 Å². The van der Waals surface area contributed by atoms with Gasteiger partial charge in [-0.3, -0.25) is 4.79 Å². The number of amides is 3. The summed E-state index contributed by atoms with van der Waals surface area (Å²) in [6, 6.07) is 11.6. The molecule has 0 saturated carbocycles. The number of β-amino-alcohol motifs (C(OH)–C–C–N with tert-alkyl or cyclic N) is 1. The minimum absolute atomic E-state index is 0.0302. The Morgan fingerprint density at radius 3 is 2.21 bits per heavy atom. The summed E-state index contributed by atoms with van der Waals surface area (Å²) in [5, 5.41) is 10.6. The van der Waals surface area contributed by atoms with Gasteiger partial charge in [-0.2, -0.15) is 0 Å². The van der Waals surface area contributed by atoms with Crippen LogP contribution >= 0.6 is 39.1 Å². The topological polar surface area (TPSA) is 60.9 Å². The van der Waals surface area contributed by atoms with Crippen molar-refractivity contribution < 1.29 is 14.7 Å². The van der Waals surface area contributed by atoms with Gasteiger partial charge in [0.2, 0.25) is 0 Å². The molecule has 3 rings (SSSR count). The molecule has 0 bridgehead atoms. The Morgan fingerprint density at radius 2 is 1.68 bits per heavy atom. The third kappa shape index (κ3) is 4.06. The Bertz CT molecular complexity index is 900.